The van der Waals surface area contributed by atoms with E-state index in [-0.39, 0.29) is 0 Å². The lowest BCUT2D eigenvalue weighted by atomic mass is 10.2. The monoisotopic (exact) mass is 223 g/mol. The predicted molar refractivity (Wildman–Crippen MR) is 63.2 cm³/mol. The number of likely N-dealkylation sites (tertiary alicyclic amines) is 1. The second-order valence-corrected chi connectivity index (χ2v) is 4.74. The van der Waals surface area contributed by atoms with Crippen LogP contribution in [-0.4, -0.2) is 35.7 Å². The van der Waals surface area contributed by atoms with Crippen LogP contribution in [0.15, 0.2) is 10.6 Å². The highest BCUT2D eigenvalue weighted by molar-refractivity contribution is 5.05. The van der Waals surface area contributed by atoms with Gasteiger partial charge in [0.25, 0.3) is 0 Å². The van der Waals surface area contributed by atoms with E-state index in [1.165, 1.54) is 6.42 Å². The molecule has 0 amide bonds. The maximum atomic E-state index is 5.24. The van der Waals surface area contributed by atoms with Crippen LogP contribution in [0.1, 0.15) is 31.7 Å². The number of nitrogens with zero attached hydrogens (tertiary/aromatic N) is 2. The molecule has 0 aliphatic carbocycles. The first-order valence-electron chi connectivity index (χ1n) is 6.07. The number of aryl methyl sites for hydroxylation is 1. The fourth-order valence-corrected chi connectivity index (χ4v) is 2.19. The zero-order valence-electron chi connectivity index (χ0n) is 10.4. The van der Waals surface area contributed by atoms with Crippen LogP contribution < -0.4 is 5.32 Å². The Morgan fingerprint density at radius 1 is 1.62 bits per heavy atom. The molecule has 1 aliphatic heterocycles. The first kappa shape index (κ1) is 11.6. The van der Waals surface area contributed by atoms with Gasteiger partial charge < -0.3 is 14.7 Å². The molecule has 2 heterocycles. The minimum absolute atomic E-state index is 0.579. The van der Waals surface area contributed by atoms with Crippen LogP contribution >= 0.6 is 0 Å². The molecule has 2 rings (SSSR count). The quantitative estimate of drug-likeness (QED) is 0.838. The molecule has 4 heteroatoms. The summed E-state index contributed by atoms with van der Waals surface area (Å²) in [6, 6.07) is 3.29. The Bertz CT molecular complexity index is 327. The van der Waals surface area contributed by atoms with Gasteiger partial charge in [0.2, 0.25) is 0 Å². The minimum Gasteiger partial charge on any atom is -0.360 e. The van der Waals surface area contributed by atoms with E-state index in [2.05, 4.69) is 36.3 Å². The van der Waals surface area contributed by atoms with Gasteiger partial charge in [-0.3, -0.25) is 0 Å². The molecule has 1 aromatic heterocycles. The second kappa shape index (κ2) is 4.97. The highest BCUT2D eigenvalue weighted by Gasteiger charge is 2.25. The second-order valence-electron chi connectivity index (χ2n) is 4.74. The molecule has 1 fully saturated rings. The van der Waals surface area contributed by atoms with Crippen LogP contribution in [-0.2, 0) is 13.0 Å². The number of rotatable bonds is 4. The van der Waals surface area contributed by atoms with Crippen molar-refractivity contribution < 1.29 is 4.52 Å². The molecule has 16 heavy (non-hydrogen) atoms. The molecule has 2 unspecified atom stereocenters. The van der Waals surface area contributed by atoms with E-state index in [1.807, 2.05) is 6.07 Å². The Balaban J connectivity index is 1.79. The fraction of sp³-hybridized carbons (Fsp3) is 0.750. The number of likely N-dealkylation sites (N-methyl/N-ethyl adjacent to an activating group) is 1. The van der Waals surface area contributed by atoms with Crippen molar-refractivity contribution in [2.75, 3.05) is 13.6 Å². The predicted octanol–water partition coefficient (Wildman–Crippen LogP) is 1.42. The summed E-state index contributed by atoms with van der Waals surface area (Å²) in [5.74, 6) is 0.944. The summed E-state index contributed by atoms with van der Waals surface area (Å²) in [6.45, 7) is 6.27. The van der Waals surface area contributed by atoms with E-state index in [4.69, 9.17) is 4.52 Å². The van der Waals surface area contributed by atoms with Crippen molar-refractivity contribution in [1.29, 1.82) is 0 Å². The fourth-order valence-electron chi connectivity index (χ4n) is 2.19. The Morgan fingerprint density at radius 3 is 3.00 bits per heavy atom. The van der Waals surface area contributed by atoms with E-state index in [0.29, 0.717) is 12.1 Å². The first-order valence-corrected chi connectivity index (χ1v) is 6.07. The topological polar surface area (TPSA) is 41.3 Å². The summed E-state index contributed by atoms with van der Waals surface area (Å²) >= 11 is 0. The van der Waals surface area contributed by atoms with Crippen LogP contribution in [0.5, 0.6) is 0 Å². The summed E-state index contributed by atoms with van der Waals surface area (Å²) < 4.78 is 5.24. The molecule has 1 aromatic rings. The molecule has 0 saturated carbocycles. The van der Waals surface area contributed by atoms with Gasteiger partial charge in [0.15, 0.2) is 5.76 Å². The molecular formula is C12H21N3O. The Morgan fingerprint density at radius 2 is 2.44 bits per heavy atom. The van der Waals surface area contributed by atoms with Crippen molar-refractivity contribution in [2.45, 2.75) is 45.3 Å². The molecule has 0 aromatic carbocycles. The standard InChI is InChI=1S/C12H21N3O/c1-4-10-6-12(16-14-10)7-13-11-5-9(2)15(3)8-11/h6,9,11,13H,4-5,7-8H2,1-3H3. The molecule has 0 bridgehead atoms. The molecule has 1 saturated heterocycles. The average molecular weight is 223 g/mol. The first-order chi connectivity index (χ1) is 7.69. The maximum absolute atomic E-state index is 5.24. The number of nitrogens with one attached hydrogen (secondary N) is 1. The van der Waals surface area contributed by atoms with E-state index in [9.17, 15) is 0 Å². The lowest BCUT2D eigenvalue weighted by molar-refractivity contribution is 0.324. The third-order valence-electron chi connectivity index (χ3n) is 3.42. The summed E-state index contributed by atoms with van der Waals surface area (Å²) in [6.07, 6.45) is 2.15. The van der Waals surface area contributed by atoms with Gasteiger partial charge in [-0.1, -0.05) is 12.1 Å². The molecule has 0 radical (unpaired) electrons. The van der Waals surface area contributed by atoms with Gasteiger partial charge in [0, 0.05) is 24.7 Å². The molecule has 0 spiro atoms. The van der Waals surface area contributed by atoms with Crippen LogP contribution in [0, 0.1) is 0 Å². The van der Waals surface area contributed by atoms with Gasteiger partial charge in [0.05, 0.1) is 12.2 Å². The van der Waals surface area contributed by atoms with Crippen molar-refractivity contribution >= 4 is 0 Å². The van der Waals surface area contributed by atoms with Crippen LogP contribution in [0.4, 0.5) is 0 Å². The van der Waals surface area contributed by atoms with Gasteiger partial charge in [-0.05, 0) is 26.8 Å². The summed E-state index contributed by atoms with van der Waals surface area (Å²) in [4.78, 5) is 2.38. The molecule has 4 nitrogen and oxygen atoms in total. The molecular weight excluding hydrogens is 202 g/mol. The van der Waals surface area contributed by atoms with Crippen molar-refractivity contribution in [2.24, 2.45) is 0 Å². The SMILES string of the molecule is CCc1cc(CNC2CC(C)N(C)C2)on1. The molecule has 90 valence electrons. The van der Waals surface area contributed by atoms with E-state index >= 15 is 0 Å². The Kier molecular flexibility index (Phi) is 3.61. The molecule has 1 N–H and O–H groups in total. The van der Waals surface area contributed by atoms with Gasteiger partial charge in [-0.25, -0.2) is 0 Å². The van der Waals surface area contributed by atoms with Crippen molar-refractivity contribution in [3.8, 4) is 0 Å². The average Bonchev–Trinajstić information content (AvgIpc) is 2.84. The van der Waals surface area contributed by atoms with E-state index in [1.54, 1.807) is 0 Å². The summed E-state index contributed by atoms with van der Waals surface area (Å²) in [5, 5.41) is 7.51. The Hall–Kier alpha value is -0.870. The van der Waals surface area contributed by atoms with Gasteiger partial charge in [0.1, 0.15) is 0 Å². The zero-order valence-corrected chi connectivity index (χ0v) is 10.4. The van der Waals surface area contributed by atoms with Crippen molar-refractivity contribution in [1.82, 2.24) is 15.4 Å². The lowest BCUT2D eigenvalue weighted by Crippen LogP contribution is -2.30. The number of hydrogen-bond donors (Lipinski definition) is 1. The van der Waals surface area contributed by atoms with E-state index in [0.717, 1.165) is 31.0 Å². The van der Waals surface area contributed by atoms with Crippen LogP contribution in [0.2, 0.25) is 0 Å². The normalized spacial score (nSPS) is 26.4. The van der Waals surface area contributed by atoms with Crippen LogP contribution in [0.3, 0.4) is 0 Å². The third kappa shape index (κ3) is 2.62. The highest BCUT2D eigenvalue weighted by atomic mass is 16.5. The maximum Gasteiger partial charge on any atom is 0.150 e. The van der Waals surface area contributed by atoms with Gasteiger partial charge in [-0.2, -0.15) is 0 Å². The Labute approximate surface area is 97.0 Å². The summed E-state index contributed by atoms with van der Waals surface area (Å²) in [7, 11) is 2.18. The molecule has 1 aliphatic rings. The molecule has 2 atom stereocenters. The van der Waals surface area contributed by atoms with Crippen molar-refractivity contribution in [3.05, 3.63) is 17.5 Å². The van der Waals surface area contributed by atoms with Gasteiger partial charge >= 0.3 is 0 Å². The lowest BCUT2D eigenvalue weighted by Gasteiger charge is -2.12. The smallest absolute Gasteiger partial charge is 0.150 e. The minimum atomic E-state index is 0.579. The largest absolute Gasteiger partial charge is 0.360 e. The third-order valence-corrected chi connectivity index (χ3v) is 3.42. The zero-order chi connectivity index (χ0) is 11.5. The number of hydrogen-bond acceptors (Lipinski definition) is 4. The van der Waals surface area contributed by atoms with Crippen molar-refractivity contribution in [3.63, 3.8) is 0 Å². The van der Waals surface area contributed by atoms with Crippen LogP contribution in [0.25, 0.3) is 0 Å². The highest BCUT2D eigenvalue weighted by Crippen LogP contribution is 2.15. The van der Waals surface area contributed by atoms with E-state index < -0.39 is 0 Å². The van der Waals surface area contributed by atoms with Gasteiger partial charge in [-0.15, -0.1) is 0 Å². The number of aromatic nitrogens is 1. The summed E-state index contributed by atoms with van der Waals surface area (Å²) in [5.41, 5.74) is 1.04.